The van der Waals surface area contributed by atoms with Crippen molar-refractivity contribution in [1.82, 2.24) is 9.47 Å². The summed E-state index contributed by atoms with van der Waals surface area (Å²) in [6.45, 7) is 20.5. The van der Waals surface area contributed by atoms with Crippen LogP contribution >= 0.6 is 0 Å². The quantitative estimate of drug-likeness (QED) is 0.724. The Hall–Kier alpha value is 0.0538. The fourth-order valence-electron chi connectivity index (χ4n) is 2.78. The van der Waals surface area contributed by atoms with E-state index < -0.39 is 17.3 Å². The maximum absolute atomic E-state index is 6.18. The van der Waals surface area contributed by atoms with Crippen molar-refractivity contribution < 1.29 is 4.43 Å². The van der Waals surface area contributed by atoms with Crippen molar-refractivity contribution in [2.45, 2.75) is 38.9 Å². The Labute approximate surface area is 122 Å². The maximum atomic E-state index is 6.18. The zero-order valence-corrected chi connectivity index (χ0v) is 15.9. The molecule has 0 aliphatic carbocycles. The molecule has 0 N–H and O–H groups in total. The van der Waals surface area contributed by atoms with E-state index in [2.05, 4.69) is 62.7 Å². The van der Waals surface area contributed by atoms with Gasteiger partial charge in [-0.3, -0.25) is 0 Å². The smallest absolute Gasteiger partial charge is 0.182 e. The van der Waals surface area contributed by atoms with Crippen molar-refractivity contribution >= 4 is 17.3 Å². The van der Waals surface area contributed by atoms with Gasteiger partial charge >= 0.3 is 0 Å². The average molecular weight is 301 g/mol. The molecular weight excluding hydrogens is 268 g/mol. The molecule has 0 saturated carbocycles. The molecule has 0 radical (unpaired) electrons. The molecule has 0 spiro atoms. The lowest BCUT2D eigenvalue weighted by molar-refractivity contribution is 0.205. The lowest BCUT2D eigenvalue weighted by Crippen LogP contribution is -2.66. The van der Waals surface area contributed by atoms with Crippen LogP contribution in [0.25, 0.3) is 0 Å². The van der Waals surface area contributed by atoms with Crippen LogP contribution in [0.15, 0.2) is 12.3 Å². The van der Waals surface area contributed by atoms with Gasteiger partial charge in [-0.25, -0.2) is 0 Å². The predicted molar refractivity (Wildman–Crippen MR) is 89.6 cm³/mol. The van der Waals surface area contributed by atoms with Crippen molar-refractivity contribution in [2.24, 2.45) is 0 Å². The van der Waals surface area contributed by atoms with Gasteiger partial charge in [0, 0.05) is 32.4 Å². The third-order valence-corrected chi connectivity index (χ3v) is 11.0. The first kappa shape index (κ1) is 17.1. The molecule has 1 heterocycles. The molecule has 112 valence electrons. The number of hydrogen-bond donors (Lipinski definition) is 0. The lowest BCUT2D eigenvalue weighted by Gasteiger charge is -2.51. The van der Waals surface area contributed by atoms with Gasteiger partial charge in [0.1, 0.15) is 0 Å². The van der Waals surface area contributed by atoms with Crippen LogP contribution in [-0.4, -0.2) is 66.2 Å². The van der Waals surface area contributed by atoms with Crippen LogP contribution in [0.2, 0.25) is 18.1 Å². The van der Waals surface area contributed by atoms with Crippen LogP contribution in [0.5, 0.6) is 0 Å². The Balaban J connectivity index is 2.93. The van der Waals surface area contributed by atoms with Gasteiger partial charge in [-0.1, -0.05) is 26.5 Å². The molecule has 1 aliphatic rings. The van der Waals surface area contributed by atoms with Crippen LogP contribution in [0.4, 0.5) is 0 Å². The second-order valence-electron chi connectivity index (χ2n) is 7.03. The van der Waals surface area contributed by atoms with Crippen LogP contribution in [-0.2, 0) is 4.43 Å². The standard InChI is InChI=1S/C14H32N2OSi2/c1-8-19(14(2,3)4,13-17-18(6)7)16-11-9-15(5)10-12-16/h8,18H,1,9-13H2,2-7H3. The Morgan fingerprint density at radius 3 is 2.11 bits per heavy atom. The Morgan fingerprint density at radius 1 is 1.21 bits per heavy atom. The summed E-state index contributed by atoms with van der Waals surface area (Å²) in [6.07, 6.45) is 0.924. The molecule has 0 aromatic heterocycles. The molecule has 1 aliphatic heterocycles. The lowest BCUT2D eigenvalue weighted by atomic mass is 10.2. The van der Waals surface area contributed by atoms with Crippen molar-refractivity contribution in [3.8, 4) is 0 Å². The molecule has 3 nitrogen and oxygen atoms in total. The molecule has 0 amide bonds. The highest BCUT2D eigenvalue weighted by Gasteiger charge is 2.48. The molecular formula is C14H32N2OSi2. The highest BCUT2D eigenvalue weighted by Crippen LogP contribution is 2.39. The van der Waals surface area contributed by atoms with E-state index in [0.717, 1.165) is 32.4 Å². The third kappa shape index (κ3) is 4.01. The summed E-state index contributed by atoms with van der Waals surface area (Å²) in [6, 6.07) is 0. The van der Waals surface area contributed by atoms with Crippen molar-refractivity contribution in [3.05, 3.63) is 12.3 Å². The minimum absolute atomic E-state index is 0.272. The van der Waals surface area contributed by atoms with Crippen molar-refractivity contribution in [1.29, 1.82) is 0 Å². The van der Waals surface area contributed by atoms with Gasteiger partial charge in [0.2, 0.25) is 0 Å². The van der Waals surface area contributed by atoms with Gasteiger partial charge in [-0.2, -0.15) is 0 Å². The van der Waals surface area contributed by atoms with Crippen LogP contribution in [0, 0.1) is 0 Å². The highest BCUT2D eigenvalue weighted by atomic mass is 28.3. The van der Waals surface area contributed by atoms with E-state index in [1.54, 1.807) is 0 Å². The summed E-state index contributed by atoms with van der Waals surface area (Å²) in [5.74, 6) is 0. The van der Waals surface area contributed by atoms with E-state index >= 15 is 0 Å². The van der Waals surface area contributed by atoms with E-state index in [-0.39, 0.29) is 5.04 Å². The van der Waals surface area contributed by atoms with Crippen molar-refractivity contribution in [3.63, 3.8) is 0 Å². The fraction of sp³-hybridized carbons (Fsp3) is 0.857. The van der Waals surface area contributed by atoms with E-state index in [9.17, 15) is 0 Å². The molecule has 1 unspecified atom stereocenters. The van der Waals surface area contributed by atoms with Crippen LogP contribution in [0.1, 0.15) is 20.8 Å². The molecule has 19 heavy (non-hydrogen) atoms. The van der Waals surface area contributed by atoms with Gasteiger partial charge < -0.3 is 13.9 Å². The number of nitrogens with zero attached hydrogens (tertiary/aromatic N) is 2. The monoisotopic (exact) mass is 300 g/mol. The molecule has 5 heteroatoms. The van der Waals surface area contributed by atoms with E-state index in [4.69, 9.17) is 4.43 Å². The van der Waals surface area contributed by atoms with E-state index in [1.807, 2.05) is 0 Å². The first-order chi connectivity index (χ1) is 8.73. The zero-order chi connectivity index (χ0) is 14.7. The maximum Gasteiger partial charge on any atom is 0.182 e. The van der Waals surface area contributed by atoms with Gasteiger partial charge in [-0.05, 0) is 25.2 Å². The normalized spacial score (nSPS) is 22.5. The first-order valence-electron chi connectivity index (χ1n) is 7.42. The minimum Gasteiger partial charge on any atom is -0.422 e. The summed E-state index contributed by atoms with van der Waals surface area (Å²) < 4.78 is 8.90. The molecule has 1 atom stereocenters. The number of rotatable bonds is 5. The topological polar surface area (TPSA) is 15.7 Å². The third-order valence-electron chi connectivity index (χ3n) is 4.34. The largest absolute Gasteiger partial charge is 0.422 e. The zero-order valence-electron chi connectivity index (χ0n) is 13.7. The SMILES string of the molecule is C=C[Si](CO[SiH](C)C)(N1CCN(C)CC1)C(C)(C)C. The molecule has 1 saturated heterocycles. The number of piperazine rings is 1. The summed E-state index contributed by atoms with van der Waals surface area (Å²) in [7, 11) is -0.541. The van der Waals surface area contributed by atoms with E-state index in [0.29, 0.717) is 0 Å². The van der Waals surface area contributed by atoms with Gasteiger partial charge in [0.15, 0.2) is 17.3 Å². The Morgan fingerprint density at radius 2 is 1.74 bits per heavy atom. The Kier molecular flexibility index (Phi) is 6.01. The fourth-order valence-corrected chi connectivity index (χ4v) is 8.68. The summed E-state index contributed by atoms with van der Waals surface area (Å²) in [5, 5.41) is 0.272. The van der Waals surface area contributed by atoms with E-state index in [1.165, 1.54) is 0 Å². The minimum atomic E-state index is -1.78. The second kappa shape index (κ2) is 6.67. The summed E-state index contributed by atoms with van der Waals surface area (Å²) >= 11 is 0. The van der Waals surface area contributed by atoms with Crippen LogP contribution < -0.4 is 0 Å². The van der Waals surface area contributed by atoms with Gasteiger partial charge in [-0.15, -0.1) is 6.58 Å². The van der Waals surface area contributed by atoms with Crippen molar-refractivity contribution in [2.75, 3.05) is 39.5 Å². The molecule has 1 fully saturated rings. The van der Waals surface area contributed by atoms with Gasteiger partial charge in [0.25, 0.3) is 0 Å². The number of likely N-dealkylation sites (N-methyl/N-ethyl adjacent to an activating group) is 1. The Bertz CT molecular complexity index is 296. The summed E-state index contributed by atoms with van der Waals surface area (Å²) in [5.41, 5.74) is 2.27. The molecule has 1 rings (SSSR count). The molecule has 0 aromatic rings. The predicted octanol–water partition coefficient (Wildman–Crippen LogP) is 2.24. The summed E-state index contributed by atoms with van der Waals surface area (Å²) in [4.78, 5) is 2.42. The average Bonchev–Trinajstić information content (AvgIpc) is 2.30. The second-order valence-corrected chi connectivity index (χ2v) is 14.1. The highest BCUT2D eigenvalue weighted by molar-refractivity contribution is 6.84. The molecule has 0 aromatic carbocycles. The van der Waals surface area contributed by atoms with Crippen LogP contribution in [0.3, 0.4) is 0 Å². The van der Waals surface area contributed by atoms with Gasteiger partial charge in [0.05, 0.1) is 0 Å². The number of hydrogen-bond acceptors (Lipinski definition) is 3. The first-order valence-corrected chi connectivity index (χ1v) is 12.4. The molecule has 0 bridgehead atoms.